The van der Waals surface area contributed by atoms with Crippen LogP contribution in [0, 0.1) is 6.92 Å². The van der Waals surface area contributed by atoms with Gasteiger partial charge in [0.05, 0.1) is 0 Å². The Balaban J connectivity index is 1.61. The van der Waals surface area contributed by atoms with Gasteiger partial charge in [-0.3, -0.25) is 4.79 Å². The molecule has 1 saturated heterocycles. The molecule has 1 aliphatic rings. The number of aromatic nitrogens is 2. The first-order valence-corrected chi connectivity index (χ1v) is 9.36. The van der Waals surface area contributed by atoms with Gasteiger partial charge in [0.1, 0.15) is 5.69 Å². The van der Waals surface area contributed by atoms with E-state index in [9.17, 15) is 4.79 Å². The summed E-state index contributed by atoms with van der Waals surface area (Å²) in [6, 6.07) is 12.1. The number of piperazine rings is 1. The molecule has 3 rings (SSSR count). The summed E-state index contributed by atoms with van der Waals surface area (Å²) in [5.41, 5.74) is 2.46. The molecule has 2 heterocycles. The van der Waals surface area contributed by atoms with E-state index in [1.54, 1.807) is 6.07 Å². The van der Waals surface area contributed by atoms with Crippen molar-refractivity contribution in [3.63, 3.8) is 0 Å². The Morgan fingerprint density at radius 3 is 2.48 bits per heavy atom. The number of benzene rings is 1. The van der Waals surface area contributed by atoms with Gasteiger partial charge in [-0.15, -0.1) is 0 Å². The van der Waals surface area contributed by atoms with Crippen molar-refractivity contribution in [2.24, 2.45) is 0 Å². The first-order valence-electron chi connectivity index (χ1n) is 9.36. The molecule has 27 heavy (non-hydrogen) atoms. The van der Waals surface area contributed by atoms with E-state index in [4.69, 9.17) is 0 Å². The maximum Gasteiger partial charge on any atom is 0.272 e. The Morgan fingerprint density at radius 1 is 1.11 bits per heavy atom. The number of likely N-dealkylation sites (N-methyl/N-ethyl adjacent to an activating group) is 1. The van der Waals surface area contributed by atoms with Gasteiger partial charge in [0.25, 0.3) is 5.91 Å². The van der Waals surface area contributed by atoms with Crippen molar-refractivity contribution >= 4 is 17.5 Å². The number of para-hydroxylation sites is 1. The molecule has 0 saturated carbocycles. The molecule has 1 N–H and O–H groups in total. The molecule has 144 valence electrons. The molecule has 1 aliphatic heterocycles. The van der Waals surface area contributed by atoms with Gasteiger partial charge in [-0.1, -0.05) is 18.2 Å². The molecule has 7 nitrogen and oxygen atoms in total. The Morgan fingerprint density at radius 2 is 1.81 bits per heavy atom. The average molecular weight is 368 g/mol. The van der Waals surface area contributed by atoms with Crippen LogP contribution in [-0.2, 0) is 0 Å². The molecule has 2 aromatic rings. The second-order valence-corrected chi connectivity index (χ2v) is 7.06. The maximum absolute atomic E-state index is 12.9. The highest BCUT2D eigenvalue weighted by atomic mass is 16.2. The van der Waals surface area contributed by atoms with Crippen LogP contribution in [0.15, 0.2) is 36.4 Å². The molecule has 1 aromatic heterocycles. The third kappa shape index (κ3) is 5.17. The molecule has 1 fully saturated rings. The van der Waals surface area contributed by atoms with Crippen molar-refractivity contribution in [2.45, 2.75) is 6.92 Å². The summed E-state index contributed by atoms with van der Waals surface area (Å²) < 4.78 is 0. The lowest BCUT2D eigenvalue weighted by molar-refractivity contribution is 0.0740. The van der Waals surface area contributed by atoms with Crippen molar-refractivity contribution < 1.29 is 4.79 Å². The monoisotopic (exact) mass is 368 g/mol. The zero-order valence-electron chi connectivity index (χ0n) is 16.4. The van der Waals surface area contributed by atoms with Crippen LogP contribution in [0.5, 0.6) is 0 Å². The minimum Gasteiger partial charge on any atom is -0.368 e. The molecular formula is C20H28N6O. The van der Waals surface area contributed by atoms with Crippen molar-refractivity contribution in [3.8, 4) is 0 Å². The Bertz CT molecular complexity index is 756. The standard InChI is InChI=1S/C20H28N6O/c1-16-15-18(23-20(22-16)21-9-10-24(2)3)19(27)26-13-11-25(12-14-26)17-7-5-4-6-8-17/h4-8,15H,9-14H2,1-3H3,(H,21,22,23). The predicted molar refractivity (Wildman–Crippen MR) is 108 cm³/mol. The van der Waals surface area contributed by atoms with Crippen LogP contribution in [0.3, 0.4) is 0 Å². The lowest BCUT2D eigenvalue weighted by atomic mass is 10.2. The molecule has 1 aromatic carbocycles. The quantitative estimate of drug-likeness (QED) is 0.838. The summed E-state index contributed by atoms with van der Waals surface area (Å²) in [4.78, 5) is 28.0. The number of anilines is 2. The van der Waals surface area contributed by atoms with Crippen LogP contribution in [0.4, 0.5) is 11.6 Å². The first kappa shape index (κ1) is 19.1. The number of carbonyl (C=O) groups excluding carboxylic acids is 1. The fourth-order valence-corrected chi connectivity index (χ4v) is 3.12. The second-order valence-electron chi connectivity index (χ2n) is 7.06. The van der Waals surface area contributed by atoms with Crippen molar-refractivity contribution in [3.05, 3.63) is 47.8 Å². The summed E-state index contributed by atoms with van der Waals surface area (Å²) in [6.07, 6.45) is 0. The molecule has 0 spiro atoms. The number of nitrogens with one attached hydrogen (secondary N) is 1. The molecule has 0 radical (unpaired) electrons. The fourth-order valence-electron chi connectivity index (χ4n) is 3.12. The molecule has 0 bridgehead atoms. The fraction of sp³-hybridized carbons (Fsp3) is 0.450. The van der Waals surface area contributed by atoms with E-state index < -0.39 is 0 Å². The lowest BCUT2D eigenvalue weighted by Gasteiger charge is -2.36. The summed E-state index contributed by atoms with van der Waals surface area (Å²) in [7, 11) is 4.03. The minimum absolute atomic E-state index is 0.0242. The normalized spacial score (nSPS) is 14.5. The number of aryl methyl sites for hydroxylation is 1. The highest BCUT2D eigenvalue weighted by Crippen LogP contribution is 2.17. The molecule has 0 atom stereocenters. The van der Waals surface area contributed by atoms with E-state index in [0.29, 0.717) is 24.7 Å². The highest BCUT2D eigenvalue weighted by Gasteiger charge is 2.23. The summed E-state index contributed by atoms with van der Waals surface area (Å²) >= 11 is 0. The van der Waals surface area contributed by atoms with Gasteiger partial charge in [-0.05, 0) is 39.2 Å². The molecule has 7 heteroatoms. The summed E-state index contributed by atoms with van der Waals surface area (Å²) in [5, 5.41) is 3.20. The largest absolute Gasteiger partial charge is 0.368 e. The predicted octanol–water partition coefficient (Wildman–Crippen LogP) is 1.72. The average Bonchev–Trinajstić information content (AvgIpc) is 2.67. The number of carbonyl (C=O) groups is 1. The second kappa shape index (κ2) is 8.81. The van der Waals surface area contributed by atoms with Crippen LogP contribution in [-0.4, -0.2) is 79.0 Å². The van der Waals surface area contributed by atoms with Crippen LogP contribution in [0.25, 0.3) is 0 Å². The van der Waals surface area contributed by atoms with E-state index in [-0.39, 0.29) is 5.91 Å². The Labute approximate surface area is 161 Å². The van der Waals surface area contributed by atoms with Crippen LogP contribution in [0.1, 0.15) is 16.2 Å². The smallest absolute Gasteiger partial charge is 0.272 e. The van der Waals surface area contributed by atoms with Crippen LogP contribution < -0.4 is 10.2 Å². The zero-order chi connectivity index (χ0) is 19.2. The van der Waals surface area contributed by atoms with Gasteiger partial charge in [-0.2, -0.15) is 0 Å². The third-order valence-electron chi connectivity index (χ3n) is 4.60. The van der Waals surface area contributed by atoms with Crippen molar-refractivity contribution in [2.75, 3.05) is 63.6 Å². The molecule has 0 aliphatic carbocycles. The summed E-state index contributed by atoms with van der Waals surface area (Å²) in [5.74, 6) is 0.493. The Kier molecular flexibility index (Phi) is 6.24. The first-order chi connectivity index (χ1) is 13.0. The SMILES string of the molecule is Cc1cc(C(=O)N2CCN(c3ccccc3)CC2)nc(NCCN(C)C)n1. The van der Waals surface area contributed by atoms with Gasteiger partial charge in [0, 0.05) is 50.6 Å². The van der Waals surface area contributed by atoms with Crippen molar-refractivity contribution in [1.82, 2.24) is 19.8 Å². The van der Waals surface area contributed by atoms with Gasteiger partial charge in [0.15, 0.2) is 0 Å². The van der Waals surface area contributed by atoms with E-state index in [0.717, 1.165) is 31.9 Å². The van der Waals surface area contributed by atoms with E-state index in [1.165, 1.54) is 5.69 Å². The van der Waals surface area contributed by atoms with Crippen LogP contribution >= 0.6 is 0 Å². The summed E-state index contributed by atoms with van der Waals surface area (Å²) in [6.45, 7) is 6.55. The maximum atomic E-state index is 12.9. The van der Waals surface area contributed by atoms with E-state index in [2.05, 4.69) is 37.2 Å². The number of amides is 1. The number of rotatable bonds is 6. The van der Waals surface area contributed by atoms with Gasteiger partial charge in [-0.25, -0.2) is 9.97 Å². The van der Waals surface area contributed by atoms with Gasteiger partial charge >= 0.3 is 0 Å². The number of hydrogen-bond donors (Lipinski definition) is 1. The molecule has 1 amide bonds. The lowest BCUT2D eigenvalue weighted by Crippen LogP contribution is -2.49. The van der Waals surface area contributed by atoms with Crippen LogP contribution in [0.2, 0.25) is 0 Å². The zero-order valence-corrected chi connectivity index (χ0v) is 16.4. The third-order valence-corrected chi connectivity index (χ3v) is 4.60. The molecular weight excluding hydrogens is 340 g/mol. The molecule has 0 unspecified atom stereocenters. The number of hydrogen-bond acceptors (Lipinski definition) is 6. The van der Waals surface area contributed by atoms with Gasteiger partial charge < -0.3 is 20.0 Å². The number of nitrogens with zero attached hydrogens (tertiary/aromatic N) is 5. The van der Waals surface area contributed by atoms with E-state index in [1.807, 2.05) is 44.1 Å². The minimum atomic E-state index is -0.0242. The van der Waals surface area contributed by atoms with Crippen molar-refractivity contribution in [1.29, 1.82) is 0 Å². The van der Waals surface area contributed by atoms with E-state index >= 15 is 0 Å². The topological polar surface area (TPSA) is 64.6 Å². The van der Waals surface area contributed by atoms with Gasteiger partial charge in [0.2, 0.25) is 5.95 Å². The highest BCUT2D eigenvalue weighted by molar-refractivity contribution is 5.92. The Hall–Kier alpha value is -2.67.